The van der Waals surface area contributed by atoms with Gasteiger partial charge in [0, 0.05) is 12.1 Å². The lowest BCUT2D eigenvalue weighted by Crippen LogP contribution is -2.31. The molecule has 0 amide bonds. The van der Waals surface area contributed by atoms with Gasteiger partial charge in [-0.05, 0) is 62.3 Å². The minimum absolute atomic E-state index is 0.0311. The van der Waals surface area contributed by atoms with Gasteiger partial charge in [-0.1, -0.05) is 35.9 Å². The van der Waals surface area contributed by atoms with Gasteiger partial charge in [-0.25, -0.2) is 0 Å². The van der Waals surface area contributed by atoms with Crippen molar-refractivity contribution in [3.63, 3.8) is 0 Å². The number of rotatable bonds is 5. The van der Waals surface area contributed by atoms with Crippen LogP contribution in [0.25, 0.3) is 0 Å². The fourth-order valence-corrected chi connectivity index (χ4v) is 3.37. The molecule has 1 heterocycles. The molecule has 0 aromatic heterocycles. The number of aryl methyl sites for hydroxylation is 2. The zero-order chi connectivity index (χ0) is 16.2. The van der Waals surface area contributed by atoms with Gasteiger partial charge in [0.1, 0.15) is 0 Å². The predicted octanol–water partition coefficient (Wildman–Crippen LogP) is 3.70. The van der Waals surface area contributed by atoms with Crippen LogP contribution >= 0.6 is 0 Å². The topological polar surface area (TPSA) is 52.5 Å². The molecule has 3 N–H and O–H groups in total. The highest BCUT2D eigenvalue weighted by Gasteiger charge is 2.23. The van der Waals surface area contributed by atoms with Crippen LogP contribution in [0.1, 0.15) is 36.0 Å². The lowest BCUT2D eigenvalue weighted by molar-refractivity contribution is 0.402. The van der Waals surface area contributed by atoms with Gasteiger partial charge in [-0.3, -0.25) is 0 Å². The Morgan fingerprint density at radius 1 is 0.913 bits per heavy atom. The maximum Gasteiger partial charge on any atom is 0.157 e. The van der Waals surface area contributed by atoms with Crippen molar-refractivity contribution in [2.45, 2.75) is 51.1 Å². The molecule has 1 aliphatic heterocycles. The van der Waals surface area contributed by atoms with Crippen molar-refractivity contribution in [3.8, 4) is 11.5 Å². The number of phenols is 2. The molecule has 3 heteroatoms. The zero-order valence-electron chi connectivity index (χ0n) is 13.6. The van der Waals surface area contributed by atoms with Crippen molar-refractivity contribution >= 4 is 0 Å². The van der Waals surface area contributed by atoms with Gasteiger partial charge < -0.3 is 15.5 Å². The first-order chi connectivity index (χ1) is 11.1. The van der Waals surface area contributed by atoms with Crippen LogP contribution in [-0.4, -0.2) is 22.3 Å². The van der Waals surface area contributed by atoms with Crippen molar-refractivity contribution in [1.82, 2.24) is 5.32 Å². The summed E-state index contributed by atoms with van der Waals surface area (Å²) in [6.45, 7) is 2.12. The average molecular weight is 311 g/mol. The zero-order valence-corrected chi connectivity index (χ0v) is 13.6. The van der Waals surface area contributed by atoms with Crippen molar-refractivity contribution in [2.75, 3.05) is 0 Å². The number of phenolic OH excluding ortho intramolecular Hbond substituents is 2. The molecule has 3 nitrogen and oxygen atoms in total. The molecule has 3 rings (SSSR count). The number of aromatic hydroxyl groups is 2. The summed E-state index contributed by atoms with van der Waals surface area (Å²) in [5, 5.41) is 22.7. The Hall–Kier alpha value is -2.00. The number of hydrogen-bond acceptors (Lipinski definition) is 3. The van der Waals surface area contributed by atoms with E-state index in [-0.39, 0.29) is 11.5 Å². The van der Waals surface area contributed by atoms with E-state index in [1.165, 1.54) is 30.4 Å². The third-order valence-electron chi connectivity index (χ3n) is 4.76. The molecule has 0 radical (unpaired) electrons. The standard InChI is InChI=1S/C20H25NO2/c1-14-2-4-15(5-3-14)6-8-17-9-10-18(21-17)12-16-7-11-19(22)20(23)13-16/h2-5,7,11,13,17-18,21-23H,6,8-10,12H2,1H3. The third-order valence-corrected chi connectivity index (χ3v) is 4.76. The molecular weight excluding hydrogens is 286 g/mol. The van der Waals surface area contributed by atoms with Crippen LogP contribution in [-0.2, 0) is 12.8 Å². The van der Waals surface area contributed by atoms with Crippen LogP contribution in [0, 0.1) is 6.92 Å². The SMILES string of the molecule is Cc1ccc(CCC2CCC(Cc3ccc(O)c(O)c3)N2)cc1. The number of nitrogens with one attached hydrogen (secondary N) is 1. The first kappa shape index (κ1) is 15.9. The Kier molecular flexibility index (Phi) is 4.87. The summed E-state index contributed by atoms with van der Waals surface area (Å²) < 4.78 is 0. The lowest BCUT2D eigenvalue weighted by atomic mass is 10.0. The molecule has 2 atom stereocenters. The van der Waals surface area contributed by atoms with Crippen LogP contribution in [0.15, 0.2) is 42.5 Å². The van der Waals surface area contributed by atoms with E-state index in [1.807, 2.05) is 6.07 Å². The van der Waals surface area contributed by atoms with Crippen LogP contribution in [0.3, 0.4) is 0 Å². The van der Waals surface area contributed by atoms with Crippen LogP contribution < -0.4 is 5.32 Å². The van der Waals surface area contributed by atoms with E-state index in [4.69, 9.17) is 0 Å². The summed E-state index contributed by atoms with van der Waals surface area (Å²) in [5.41, 5.74) is 3.78. The highest BCUT2D eigenvalue weighted by Crippen LogP contribution is 2.27. The third kappa shape index (κ3) is 4.26. The van der Waals surface area contributed by atoms with E-state index in [9.17, 15) is 10.2 Å². The molecule has 0 spiro atoms. The van der Waals surface area contributed by atoms with Crippen molar-refractivity contribution in [1.29, 1.82) is 0 Å². The fourth-order valence-electron chi connectivity index (χ4n) is 3.37. The summed E-state index contributed by atoms with van der Waals surface area (Å²) in [4.78, 5) is 0. The van der Waals surface area contributed by atoms with Crippen LogP contribution in [0.4, 0.5) is 0 Å². The molecule has 0 aliphatic carbocycles. The minimum Gasteiger partial charge on any atom is -0.504 e. The second-order valence-corrected chi connectivity index (χ2v) is 6.69. The molecule has 2 aromatic rings. The van der Waals surface area contributed by atoms with Crippen LogP contribution in [0.5, 0.6) is 11.5 Å². The minimum atomic E-state index is -0.0518. The van der Waals surface area contributed by atoms with E-state index in [2.05, 4.69) is 36.5 Å². The van der Waals surface area contributed by atoms with Crippen molar-refractivity contribution in [3.05, 3.63) is 59.2 Å². The van der Waals surface area contributed by atoms with Gasteiger partial charge in [-0.15, -0.1) is 0 Å². The molecule has 1 saturated heterocycles. The van der Waals surface area contributed by atoms with Gasteiger partial charge in [0.25, 0.3) is 0 Å². The fraction of sp³-hybridized carbons (Fsp3) is 0.400. The Morgan fingerprint density at radius 3 is 2.35 bits per heavy atom. The maximum absolute atomic E-state index is 9.59. The van der Waals surface area contributed by atoms with Gasteiger partial charge in [0.15, 0.2) is 11.5 Å². The number of benzene rings is 2. The Bertz CT molecular complexity index is 651. The molecule has 2 aromatic carbocycles. The van der Waals surface area contributed by atoms with Gasteiger partial charge in [0.2, 0.25) is 0 Å². The van der Waals surface area contributed by atoms with E-state index in [0.29, 0.717) is 12.1 Å². The maximum atomic E-state index is 9.59. The second-order valence-electron chi connectivity index (χ2n) is 6.69. The van der Waals surface area contributed by atoms with Gasteiger partial charge in [0.05, 0.1) is 0 Å². The quantitative estimate of drug-likeness (QED) is 0.738. The molecule has 23 heavy (non-hydrogen) atoms. The molecule has 0 bridgehead atoms. The molecule has 2 unspecified atom stereocenters. The highest BCUT2D eigenvalue weighted by atomic mass is 16.3. The molecular formula is C20H25NO2. The molecule has 1 fully saturated rings. The summed E-state index contributed by atoms with van der Waals surface area (Å²) in [6, 6.07) is 15.0. The van der Waals surface area contributed by atoms with Gasteiger partial charge in [-0.2, -0.15) is 0 Å². The summed E-state index contributed by atoms with van der Waals surface area (Å²) in [6.07, 6.45) is 5.56. The Morgan fingerprint density at radius 2 is 1.61 bits per heavy atom. The Labute approximate surface area is 138 Å². The summed E-state index contributed by atoms with van der Waals surface area (Å²) >= 11 is 0. The average Bonchev–Trinajstić information content (AvgIpc) is 2.98. The monoisotopic (exact) mass is 311 g/mol. The molecule has 1 aliphatic rings. The largest absolute Gasteiger partial charge is 0.504 e. The van der Waals surface area contributed by atoms with Crippen molar-refractivity contribution < 1.29 is 10.2 Å². The van der Waals surface area contributed by atoms with E-state index >= 15 is 0 Å². The molecule has 122 valence electrons. The smallest absolute Gasteiger partial charge is 0.157 e. The first-order valence-corrected chi connectivity index (χ1v) is 8.42. The summed E-state index contributed by atoms with van der Waals surface area (Å²) in [5.74, 6) is -0.0828. The highest BCUT2D eigenvalue weighted by molar-refractivity contribution is 5.40. The first-order valence-electron chi connectivity index (χ1n) is 8.42. The van der Waals surface area contributed by atoms with E-state index in [1.54, 1.807) is 12.1 Å². The van der Waals surface area contributed by atoms with E-state index < -0.39 is 0 Å². The van der Waals surface area contributed by atoms with Crippen molar-refractivity contribution in [2.24, 2.45) is 0 Å². The van der Waals surface area contributed by atoms with E-state index in [0.717, 1.165) is 18.4 Å². The predicted molar refractivity (Wildman–Crippen MR) is 92.9 cm³/mol. The second kappa shape index (κ2) is 7.05. The Balaban J connectivity index is 1.48. The number of hydrogen-bond donors (Lipinski definition) is 3. The lowest BCUT2D eigenvalue weighted by Gasteiger charge is -2.15. The summed E-state index contributed by atoms with van der Waals surface area (Å²) in [7, 11) is 0. The van der Waals surface area contributed by atoms with Crippen LogP contribution in [0.2, 0.25) is 0 Å². The molecule has 0 saturated carbocycles. The van der Waals surface area contributed by atoms with Gasteiger partial charge >= 0.3 is 0 Å². The normalized spacial score (nSPS) is 20.7.